The molecule has 2 aromatic carbocycles. The lowest BCUT2D eigenvalue weighted by atomic mass is 9.91. The van der Waals surface area contributed by atoms with E-state index >= 15 is 0 Å². The van der Waals surface area contributed by atoms with Gasteiger partial charge >= 0.3 is 0 Å². The van der Waals surface area contributed by atoms with Crippen molar-refractivity contribution in [3.8, 4) is 0 Å². The van der Waals surface area contributed by atoms with Crippen molar-refractivity contribution in [2.75, 3.05) is 18.9 Å². The van der Waals surface area contributed by atoms with Crippen LogP contribution in [0, 0.1) is 0 Å². The first kappa shape index (κ1) is 14.8. The van der Waals surface area contributed by atoms with E-state index in [9.17, 15) is 4.79 Å². The van der Waals surface area contributed by atoms with Crippen molar-refractivity contribution in [3.63, 3.8) is 0 Å². The van der Waals surface area contributed by atoms with Gasteiger partial charge in [-0.05, 0) is 35.2 Å². The van der Waals surface area contributed by atoms with Crippen LogP contribution in [0.4, 0.5) is 5.69 Å². The maximum atomic E-state index is 12.4. The van der Waals surface area contributed by atoms with E-state index in [-0.39, 0.29) is 18.4 Å². The summed E-state index contributed by atoms with van der Waals surface area (Å²) >= 11 is 0. The Balaban J connectivity index is 1.62. The van der Waals surface area contributed by atoms with Crippen LogP contribution in [-0.4, -0.2) is 18.9 Å². The van der Waals surface area contributed by atoms with Crippen LogP contribution in [0.25, 0.3) is 0 Å². The normalized spacial score (nSPS) is 17.0. The van der Waals surface area contributed by atoms with Gasteiger partial charge in [-0.25, -0.2) is 0 Å². The molecule has 0 aliphatic carbocycles. The number of ketones is 1. The molecule has 3 rings (SSSR count). The van der Waals surface area contributed by atoms with Gasteiger partial charge in [-0.15, -0.1) is 0 Å². The predicted molar refractivity (Wildman–Crippen MR) is 86.4 cm³/mol. The van der Waals surface area contributed by atoms with Crippen LogP contribution in [0.1, 0.15) is 22.7 Å². The molecule has 1 atom stereocenters. The Kier molecular flexibility index (Phi) is 4.51. The molecule has 4 nitrogen and oxygen atoms in total. The number of carbonyl (C=O) groups is 1. The second-order valence-electron chi connectivity index (χ2n) is 5.54. The van der Waals surface area contributed by atoms with Gasteiger partial charge in [-0.3, -0.25) is 4.79 Å². The molecule has 0 saturated carbocycles. The van der Waals surface area contributed by atoms with Crippen LogP contribution in [0.15, 0.2) is 48.5 Å². The zero-order chi connectivity index (χ0) is 15.4. The Hall–Kier alpha value is -2.17. The third-order valence-electron chi connectivity index (χ3n) is 3.90. The van der Waals surface area contributed by atoms with Gasteiger partial charge in [0.05, 0.1) is 12.6 Å². The number of benzene rings is 2. The molecule has 2 aromatic rings. The monoisotopic (exact) mass is 296 g/mol. The number of fused-ring (bicyclic) bond motifs is 1. The molecular formula is C18H20N2O2. The van der Waals surface area contributed by atoms with Gasteiger partial charge in [0.2, 0.25) is 0 Å². The smallest absolute Gasteiger partial charge is 0.179 e. The number of rotatable bonds is 5. The molecule has 0 bridgehead atoms. The molecule has 22 heavy (non-hydrogen) atoms. The summed E-state index contributed by atoms with van der Waals surface area (Å²) in [6.07, 6.45) is 0.898. The van der Waals surface area contributed by atoms with Crippen molar-refractivity contribution >= 4 is 11.5 Å². The molecule has 4 heteroatoms. The number of nitrogen functional groups attached to an aromatic ring is 1. The second kappa shape index (κ2) is 6.73. The van der Waals surface area contributed by atoms with Crippen molar-refractivity contribution in [1.82, 2.24) is 5.32 Å². The number of nitrogens with one attached hydrogen (secondary N) is 1. The highest BCUT2D eigenvalue weighted by molar-refractivity contribution is 5.87. The van der Waals surface area contributed by atoms with Crippen molar-refractivity contribution in [1.29, 1.82) is 0 Å². The highest BCUT2D eigenvalue weighted by Gasteiger charge is 2.25. The van der Waals surface area contributed by atoms with E-state index in [2.05, 4.69) is 5.32 Å². The van der Waals surface area contributed by atoms with Gasteiger partial charge in [-0.1, -0.05) is 36.4 Å². The SMILES string of the molecule is Nc1ccc2c(c1)CCNC2C(=O)COCc1ccccc1. The average Bonchev–Trinajstić information content (AvgIpc) is 2.55. The van der Waals surface area contributed by atoms with E-state index in [1.165, 1.54) is 0 Å². The molecule has 0 amide bonds. The Morgan fingerprint density at radius 3 is 2.86 bits per heavy atom. The Morgan fingerprint density at radius 2 is 2.05 bits per heavy atom. The average molecular weight is 296 g/mol. The summed E-state index contributed by atoms with van der Waals surface area (Å²) in [5.41, 5.74) is 9.81. The molecule has 0 saturated heterocycles. The van der Waals surface area contributed by atoms with Crippen LogP contribution in [0.5, 0.6) is 0 Å². The van der Waals surface area contributed by atoms with Crippen LogP contribution in [0.2, 0.25) is 0 Å². The number of Topliss-reactive ketones (excluding diaryl/α,β-unsaturated/α-hetero) is 1. The van der Waals surface area contributed by atoms with Gasteiger partial charge in [0.25, 0.3) is 0 Å². The molecule has 0 radical (unpaired) electrons. The molecule has 3 N–H and O–H groups in total. The first-order chi connectivity index (χ1) is 10.7. The summed E-state index contributed by atoms with van der Waals surface area (Å²) in [6, 6.07) is 15.3. The van der Waals surface area contributed by atoms with E-state index in [4.69, 9.17) is 10.5 Å². The van der Waals surface area contributed by atoms with Gasteiger partial charge in [0.1, 0.15) is 6.61 Å². The van der Waals surface area contributed by atoms with Crippen molar-refractivity contribution in [2.24, 2.45) is 0 Å². The van der Waals surface area contributed by atoms with Crippen LogP contribution < -0.4 is 11.1 Å². The largest absolute Gasteiger partial charge is 0.399 e. The van der Waals surface area contributed by atoms with Crippen LogP contribution in [0.3, 0.4) is 0 Å². The first-order valence-electron chi connectivity index (χ1n) is 7.50. The molecule has 1 aliphatic heterocycles. The van der Waals surface area contributed by atoms with E-state index in [0.29, 0.717) is 6.61 Å². The third-order valence-corrected chi connectivity index (χ3v) is 3.90. The number of hydrogen-bond donors (Lipinski definition) is 2. The second-order valence-corrected chi connectivity index (χ2v) is 5.54. The fourth-order valence-electron chi connectivity index (χ4n) is 2.80. The highest BCUT2D eigenvalue weighted by atomic mass is 16.5. The van der Waals surface area contributed by atoms with E-state index < -0.39 is 0 Å². The number of ether oxygens (including phenoxy) is 1. The highest BCUT2D eigenvalue weighted by Crippen LogP contribution is 2.25. The number of carbonyl (C=O) groups excluding carboxylic acids is 1. The number of anilines is 1. The molecule has 1 heterocycles. The molecular weight excluding hydrogens is 276 g/mol. The van der Waals surface area contributed by atoms with Crippen molar-refractivity contribution in [2.45, 2.75) is 19.1 Å². The quantitative estimate of drug-likeness (QED) is 0.831. The number of nitrogens with two attached hydrogens (primary N) is 1. The standard InChI is InChI=1S/C18H20N2O2/c19-15-6-7-16-14(10-15)8-9-20-18(16)17(21)12-22-11-13-4-2-1-3-5-13/h1-7,10,18,20H,8-9,11-12,19H2. The van der Waals surface area contributed by atoms with Crippen LogP contribution in [-0.2, 0) is 22.6 Å². The molecule has 114 valence electrons. The minimum absolute atomic E-state index is 0.0571. The summed E-state index contributed by atoms with van der Waals surface area (Å²) in [6.45, 7) is 1.34. The third kappa shape index (κ3) is 3.35. The Labute approximate surface area is 130 Å². The molecule has 1 unspecified atom stereocenters. The summed E-state index contributed by atoms with van der Waals surface area (Å²) in [4.78, 5) is 12.4. The lowest BCUT2D eigenvalue weighted by molar-refractivity contribution is -0.126. The lowest BCUT2D eigenvalue weighted by Crippen LogP contribution is -2.36. The zero-order valence-electron chi connectivity index (χ0n) is 12.4. The fraction of sp³-hybridized carbons (Fsp3) is 0.278. The number of hydrogen-bond acceptors (Lipinski definition) is 4. The minimum Gasteiger partial charge on any atom is -0.399 e. The van der Waals surface area contributed by atoms with Gasteiger partial charge < -0.3 is 15.8 Å². The summed E-state index contributed by atoms with van der Waals surface area (Å²) < 4.78 is 5.56. The topological polar surface area (TPSA) is 64.3 Å². The first-order valence-corrected chi connectivity index (χ1v) is 7.50. The van der Waals surface area contributed by atoms with E-state index in [1.807, 2.05) is 48.5 Å². The molecule has 1 aliphatic rings. The zero-order valence-corrected chi connectivity index (χ0v) is 12.4. The maximum absolute atomic E-state index is 12.4. The Bertz CT molecular complexity index is 655. The minimum atomic E-state index is -0.292. The molecule has 0 aromatic heterocycles. The molecule has 0 spiro atoms. The van der Waals surface area contributed by atoms with Gasteiger partial charge in [0, 0.05) is 12.2 Å². The Morgan fingerprint density at radius 1 is 1.23 bits per heavy atom. The van der Waals surface area contributed by atoms with Crippen molar-refractivity contribution < 1.29 is 9.53 Å². The van der Waals surface area contributed by atoms with Gasteiger partial charge in [0.15, 0.2) is 5.78 Å². The van der Waals surface area contributed by atoms with Gasteiger partial charge in [-0.2, -0.15) is 0 Å². The summed E-state index contributed by atoms with van der Waals surface area (Å²) in [5, 5.41) is 3.27. The summed E-state index contributed by atoms with van der Waals surface area (Å²) in [7, 11) is 0. The van der Waals surface area contributed by atoms with E-state index in [0.717, 1.165) is 35.3 Å². The maximum Gasteiger partial charge on any atom is 0.179 e. The summed E-state index contributed by atoms with van der Waals surface area (Å²) in [5.74, 6) is 0.0571. The fourth-order valence-corrected chi connectivity index (χ4v) is 2.80. The van der Waals surface area contributed by atoms with E-state index in [1.54, 1.807) is 0 Å². The predicted octanol–water partition coefficient (Wildman–Crippen LogP) is 2.24. The molecule has 0 fully saturated rings. The van der Waals surface area contributed by atoms with Crippen molar-refractivity contribution in [3.05, 3.63) is 65.2 Å². The lowest BCUT2D eigenvalue weighted by Gasteiger charge is -2.26. The van der Waals surface area contributed by atoms with Crippen LogP contribution >= 0.6 is 0 Å².